The molecule has 1 N–H and O–H groups in total. The number of benzene rings is 1. The number of hydrogen-bond donors (Lipinski definition) is 1. The highest BCUT2D eigenvalue weighted by Gasteiger charge is 2.25. The van der Waals surface area contributed by atoms with Gasteiger partial charge in [-0.1, -0.05) is 29.3 Å². The zero-order chi connectivity index (χ0) is 21.0. The van der Waals surface area contributed by atoms with Crippen LogP contribution < -0.4 is 10.2 Å². The molecule has 1 aliphatic heterocycles. The molecule has 7 nitrogen and oxygen atoms in total. The second-order valence-electron chi connectivity index (χ2n) is 6.50. The van der Waals surface area contributed by atoms with Gasteiger partial charge in [0.2, 0.25) is 17.7 Å². The average molecular weight is 455 g/mol. The van der Waals surface area contributed by atoms with Gasteiger partial charge in [-0.3, -0.25) is 19.3 Å². The van der Waals surface area contributed by atoms with Crippen molar-refractivity contribution in [3.8, 4) is 0 Å². The molecule has 0 bridgehead atoms. The first-order valence-electron chi connectivity index (χ1n) is 9.15. The molecule has 1 aromatic heterocycles. The Balaban J connectivity index is 1.60. The molecule has 2 heterocycles. The van der Waals surface area contributed by atoms with Crippen LogP contribution in [0.15, 0.2) is 23.6 Å². The lowest BCUT2D eigenvalue weighted by atomic mass is 10.3. The molecule has 1 aromatic carbocycles. The van der Waals surface area contributed by atoms with Gasteiger partial charge in [0, 0.05) is 24.9 Å². The Morgan fingerprint density at radius 2 is 2.03 bits per heavy atom. The fourth-order valence-corrected chi connectivity index (χ4v) is 4.32. The van der Waals surface area contributed by atoms with E-state index in [2.05, 4.69) is 10.3 Å². The summed E-state index contributed by atoms with van der Waals surface area (Å²) in [4.78, 5) is 44.3. The van der Waals surface area contributed by atoms with Crippen LogP contribution in [-0.4, -0.2) is 47.2 Å². The molecule has 1 fully saturated rings. The number of para-hydroxylation sites is 1. The molecule has 154 valence electrons. The number of amides is 3. The maximum Gasteiger partial charge on any atom is 0.244 e. The molecule has 0 aliphatic carbocycles. The number of carbonyl (C=O) groups is 3. The van der Waals surface area contributed by atoms with E-state index in [1.165, 1.54) is 16.2 Å². The standard InChI is InChI=1S/C19H20Cl2N4O3S/c1-2-24(10-15(26)23-18-13(20)5-3-6-14(18)21)17(28)9-12-11-29-19(22-12)25-8-4-7-16(25)27/h3,5-6,11H,2,4,7-10H2,1H3,(H,23,26). The minimum Gasteiger partial charge on any atom is -0.333 e. The Kier molecular flexibility index (Phi) is 7.10. The molecular weight excluding hydrogens is 435 g/mol. The maximum atomic E-state index is 12.6. The molecule has 3 amide bonds. The lowest BCUT2D eigenvalue weighted by Crippen LogP contribution is -2.38. The summed E-state index contributed by atoms with van der Waals surface area (Å²) in [5.41, 5.74) is 0.909. The SMILES string of the molecule is CCN(CC(=O)Nc1c(Cl)cccc1Cl)C(=O)Cc1csc(N2CCCC2=O)n1. The van der Waals surface area contributed by atoms with Crippen molar-refractivity contribution >= 4 is 63.1 Å². The Morgan fingerprint density at radius 3 is 2.66 bits per heavy atom. The van der Waals surface area contributed by atoms with E-state index < -0.39 is 5.91 Å². The van der Waals surface area contributed by atoms with Gasteiger partial charge >= 0.3 is 0 Å². The van der Waals surface area contributed by atoms with Gasteiger partial charge in [0.25, 0.3) is 0 Å². The topological polar surface area (TPSA) is 82.6 Å². The summed E-state index contributed by atoms with van der Waals surface area (Å²) in [6.07, 6.45) is 1.41. The predicted molar refractivity (Wildman–Crippen MR) is 115 cm³/mol. The van der Waals surface area contributed by atoms with E-state index in [0.717, 1.165) is 6.42 Å². The van der Waals surface area contributed by atoms with Crippen molar-refractivity contribution in [3.05, 3.63) is 39.3 Å². The Labute approximate surface area is 182 Å². The van der Waals surface area contributed by atoms with Crippen molar-refractivity contribution < 1.29 is 14.4 Å². The number of likely N-dealkylation sites (N-methyl/N-ethyl adjacent to an activating group) is 1. The lowest BCUT2D eigenvalue weighted by Gasteiger charge is -2.20. The Bertz CT molecular complexity index is 914. The van der Waals surface area contributed by atoms with Gasteiger partial charge < -0.3 is 10.2 Å². The van der Waals surface area contributed by atoms with Crippen molar-refractivity contribution in [2.45, 2.75) is 26.2 Å². The molecule has 10 heteroatoms. The number of aromatic nitrogens is 1. The van der Waals surface area contributed by atoms with Crippen molar-refractivity contribution in [2.75, 3.05) is 29.9 Å². The molecule has 1 aliphatic rings. The van der Waals surface area contributed by atoms with Crippen LogP contribution in [-0.2, 0) is 20.8 Å². The minimum atomic E-state index is -0.392. The monoisotopic (exact) mass is 454 g/mol. The van der Waals surface area contributed by atoms with Crippen LogP contribution >= 0.6 is 34.5 Å². The summed E-state index contributed by atoms with van der Waals surface area (Å²) >= 11 is 13.5. The molecule has 1 saturated heterocycles. The van der Waals surface area contributed by atoms with Crippen molar-refractivity contribution in [3.63, 3.8) is 0 Å². The van der Waals surface area contributed by atoms with Gasteiger partial charge in [0.15, 0.2) is 5.13 Å². The summed E-state index contributed by atoms with van der Waals surface area (Å²) in [6, 6.07) is 4.92. The van der Waals surface area contributed by atoms with E-state index in [1.54, 1.807) is 35.4 Å². The van der Waals surface area contributed by atoms with Crippen LogP contribution in [0, 0.1) is 0 Å². The van der Waals surface area contributed by atoms with Gasteiger partial charge in [0.05, 0.1) is 34.4 Å². The first-order chi connectivity index (χ1) is 13.9. The smallest absolute Gasteiger partial charge is 0.244 e. The van der Waals surface area contributed by atoms with Gasteiger partial charge in [-0.05, 0) is 25.5 Å². The summed E-state index contributed by atoms with van der Waals surface area (Å²) in [5.74, 6) is -0.559. The minimum absolute atomic E-state index is 0.0577. The zero-order valence-corrected chi connectivity index (χ0v) is 18.1. The van der Waals surface area contributed by atoms with E-state index in [9.17, 15) is 14.4 Å². The van der Waals surface area contributed by atoms with Crippen LogP contribution in [0.1, 0.15) is 25.5 Å². The second kappa shape index (κ2) is 9.56. The van der Waals surface area contributed by atoms with E-state index >= 15 is 0 Å². The largest absolute Gasteiger partial charge is 0.333 e. The van der Waals surface area contributed by atoms with E-state index in [1.807, 2.05) is 0 Å². The first kappa shape index (κ1) is 21.5. The summed E-state index contributed by atoms with van der Waals surface area (Å²) in [7, 11) is 0. The fourth-order valence-electron chi connectivity index (χ4n) is 2.96. The number of carbonyl (C=O) groups excluding carboxylic acids is 3. The lowest BCUT2D eigenvalue weighted by molar-refractivity contribution is -0.133. The predicted octanol–water partition coefficient (Wildman–Crippen LogP) is 3.61. The van der Waals surface area contributed by atoms with Gasteiger partial charge in [-0.15, -0.1) is 11.3 Å². The number of nitrogens with zero attached hydrogens (tertiary/aromatic N) is 3. The molecule has 0 atom stereocenters. The molecule has 0 saturated carbocycles. The molecule has 0 spiro atoms. The molecule has 0 radical (unpaired) electrons. The van der Waals surface area contributed by atoms with Crippen LogP contribution in [0.4, 0.5) is 10.8 Å². The van der Waals surface area contributed by atoms with Crippen LogP contribution in [0.25, 0.3) is 0 Å². The number of rotatable bonds is 7. The summed E-state index contributed by atoms with van der Waals surface area (Å²) in [6.45, 7) is 2.69. The van der Waals surface area contributed by atoms with Crippen molar-refractivity contribution in [1.29, 1.82) is 0 Å². The highest BCUT2D eigenvalue weighted by atomic mass is 35.5. The number of hydrogen-bond acceptors (Lipinski definition) is 5. The molecule has 0 unspecified atom stereocenters. The highest BCUT2D eigenvalue weighted by Crippen LogP contribution is 2.29. The third-order valence-electron chi connectivity index (χ3n) is 4.47. The zero-order valence-electron chi connectivity index (χ0n) is 15.8. The summed E-state index contributed by atoms with van der Waals surface area (Å²) in [5, 5.41) is 5.69. The maximum absolute atomic E-state index is 12.6. The Morgan fingerprint density at radius 1 is 1.31 bits per heavy atom. The van der Waals surface area contributed by atoms with E-state index in [-0.39, 0.29) is 24.8 Å². The number of halogens is 2. The van der Waals surface area contributed by atoms with Crippen molar-refractivity contribution in [2.24, 2.45) is 0 Å². The third kappa shape index (κ3) is 5.26. The van der Waals surface area contributed by atoms with E-state index in [4.69, 9.17) is 23.2 Å². The third-order valence-corrected chi connectivity index (χ3v) is 6.01. The van der Waals surface area contributed by atoms with Gasteiger partial charge in [-0.2, -0.15) is 0 Å². The van der Waals surface area contributed by atoms with Gasteiger partial charge in [-0.25, -0.2) is 4.98 Å². The number of thiazole rings is 1. The van der Waals surface area contributed by atoms with Gasteiger partial charge in [0.1, 0.15) is 0 Å². The van der Waals surface area contributed by atoms with Crippen LogP contribution in [0.5, 0.6) is 0 Å². The average Bonchev–Trinajstić information content (AvgIpc) is 3.31. The number of anilines is 2. The molecule has 2 aromatic rings. The molecular formula is C19H20Cl2N4O3S. The van der Waals surface area contributed by atoms with E-state index in [0.29, 0.717) is 46.1 Å². The molecule has 3 rings (SSSR count). The first-order valence-corrected chi connectivity index (χ1v) is 10.8. The number of nitrogens with one attached hydrogen (secondary N) is 1. The summed E-state index contributed by atoms with van der Waals surface area (Å²) < 4.78 is 0. The van der Waals surface area contributed by atoms with Crippen LogP contribution in [0.3, 0.4) is 0 Å². The molecule has 29 heavy (non-hydrogen) atoms. The highest BCUT2D eigenvalue weighted by molar-refractivity contribution is 7.14. The quantitative estimate of drug-likeness (QED) is 0.692. The Hall–Kier alpha value is -2.16. The second-order valence-corrected chi connectivity index (χ2v) is 8.15. The normalized spacial score (nSPS) is 13.6. The van der Waals surface area contributed by atoms with Crippen LogP contribution in [0.2, 0.25) is 10.0 Å². The van der Waals surface area contributed by atoms with Crippen molar-refractivity contribution in [1.82, 2.24) is 9.88 Å². The fraction of sp³-hybridized carbons (Fsp3) is 0.368.